The smallest absolute Gasteiger partial charge is 0.0701 e. The van der Waals surface area contributed by atoms with Crippen LogP contribution in [0.4, 0.5) is 0 Å². The molecule has 42 heavy (non-hydrogen) atoms. The van der Waals surface area contributed by atoms with Gasteiger partial charge in [-0.3, -0.25) is 0 Å². The van der Waals surface area contributed by atoms with Gasteiger partial charge in [-0.2, -0.15) is 0 Å². The maximum atomic E-state index is 8.64. The van der Waals surface area contributed by atoms with Gasteiger partial charge in [-0.05, 0) is 12.8 Å². The van der Waals surface area contributed by atoms with Crippen LogP contribution in [0.25, 0.3) is 0 Å². The number of aliphatic hydroxyl groups excluding tert-OH is 1. The van der Waals surface area contributed by atoms with E-state index >= 15 is 0 Å². The van der Waals surface area contributed by atoms with Gasteiger partial charge in [0.25, 0.3) is 0 Å². The van der Waals surface area contributed by atoms with Crippen LogP contribution in [0.5, 0.6) is 0 Å². The molecule has 0 saturated carbocycles. The second-order valence-corrected chi connectivity index (χ2v) is 10.1. The van der Waals surface area contributed by atoms with Gasteiger partial charge < -0.3 is 47.7 Å². The Balaban J connectivity index is 3.02. The Kier molecular flexibility index (Phi) is 40.2. The number of hydrogen-bond donors (Lipinski definition) is 1. The lowest BCUT2D eigenvalue weighted by molar-refractivity contribution is -0.0251. The second-order valence-electron chi connectivity index (χ2n) is 10.1. The molecule has 0 rings (SSSR count). The maximum absolute atomic E-state index is 8.64. The van der Waals surface area contributed by atoms with Crippen molar-refractivity contribution in [1.82, 2.24) is 0 Å². The summed E-state index contributed by atoms with van der Waals surface area (Å²) in [6.07, 6.45) is 15.5. The molecule has 0 radical (unpaired) electrons. The van der Waals surface area contributed by atoms with E-state index in [4.69, 9.17) is 47.7 Å². The van der Waals surface area contributed by atoms with Crippen LogP contribution in [-0.4, -0.2) is 131 Å². The fraction of sp³-hybridized carbons (Fsp3) is 1.00. The van der Waals surface area contributed by atoms with Crippen LogP contribution >= 0.6 is 0 Å². The third-order valence-corrected chi connectivity index (χ3v) is 6.32. The zero-order valence-corrected chi connectivity index (χ0v) is 27.0. The molecule has 0 amide bonds. The summed E-state index contributed by atoms with van der Waals surface area (Å²) >= 11 is 0. The highest BCUT2D eigenvalue weighted by Gasteiger charge is 1.97. The minimum absolute atomic E-state index is 0.154. The van der Waals surface area contributed by atoms with Crippen LogP contribution in [0, 0.1) is 0 Å². The SMILES string of the molecule is CCCCCCCCCCCCCOCCOCCOCCOCCOCCOCCOCCOCCOCCCO. The van der Waals surface area contributed by atoms with E-state index in [1.54, 1.807) is 0 Å². The van der Waals surface area contributed by atoms with Crippen molar-refractivity contribution in [2.45, 2.75) is 84.0 Å². The average molecular weight is 611 g/mol. The van der Waals surface area contributed by atoms with Crippen molar-refractivity contribution >= 4 is 0 Å². The van der Waals surface area contributed by atoms with E-state index in [0.717, 1.165) is 13.0 Å². The molecule has 0 bridgehead atoms. The largest absolute Gasteiger partial charge is 0.396 e. The number of ether oxygens (including phenoxy) is 9. The minimum atomic E-state index is 0.154. The molecule has 10 heteroatoms. The summed E-state index contributed by atoms with van der Waals surface area (Å²) < 4.78 is 49.2. The summed E-state index contributed by atoms with van der Waals surface area (Å²) in [5, 5.41) is 8.64. The first kappa shape index (κ1) is 41.6. The van der Waals surface area contributed by atoms with Crippen molar-refractivity contribution in [2.24, 2.45) is 0 Å². The summed E-state index contributed by atoms with van der Waals surface area (Å²) in [6.45, 7) is 12.6. The Morgan fingerprint density at radius 1 is 0.262 bits per heavy atom. The van der Waals surface area contributed by atoms with Crippen LogP contribution in [0.3, 0.4) is 0 Å². The Labute approximate surface area is 257 Å². The van der Waals surface area contributed by atoms with Crippen LogP contribution in [-0.2, 0) is 42.6 Å². The quantitative estimate of drug-likeness (QED) is 0.0974. The fourth-order valence-corrected chi connectivity index (χ4v) is 3.90. The van der Waals surface area contributed by atoms with Gasteiger partial charge in [-0.25, -0.2) is 0 Å². The van der Waals surface area contributed by atoms with Crippen molar-refractivity contribution in [1.29, 1.82) is 0 Å². The normalized spacial score (nSPS) is 11.6. The highest BCUT2D eigenvalue weighted by atomic mass is 16.6. The van der Waals surface area contributed by atoms with Crippen LogP contribution in [0.2, 0.25) is 0 Å². The lowest BCUT2D eigenvalue weighted by Gasteiger charge is -2.09. The van der Waals surface area contributed by atoms with Gasteiger partial charge in [0.05, 0.1) is 106 Å². The molecular weight excluding hydrogens is 544 g/mol. The molecule has 0 aliphatic carbocycles. The zero-order valence-electron chi connectivity index (χ0n) is 27.0. The lowest BCUT2D eigenvalue weighted by atomic mass is 10.1. The summed E-state index contributed by atoms with van der Waals surface area (Å²) in [5.74, 6) is 0. The predicted octanol–water partition coefficient (Wildman–Crippen LogP) is 4.83. The molecule has 10 nitrogen and oxygen atoms in total. The molecule has 0 fully saturated rings. The zero-order chi connectivity index (χ0) is 30.3. The van der Waals surface area contributed by atoms with E-state index in [2.05, 4.69) is 6.92 Å². The Morgan fingerprint density at radius 3 is 0.738 bits per heavy atom. The van der Waals surface area contributed by atoms with Gasteiger partial charge in [0.1, 0.15) is 0 Å². The fourth-order valence-electron chi connectivity index (χ4n) is 3.90. The summed E-state index contributed by atoms with van der Waals surface area (Å²) in [6, 6.07) is 0. The van der Waals surface area contributed by atoms with Gasteiger partial charge >= 0.3 is 0 Å². The van der Waals surface area contributed by atoms with Gasteiger partial charge in [-0.15, -0.1) is 0 Å². The molecule has 0 saturated heterocycles. The Morgan fingerprint density at radius 2 is 0.476 bits per heavy atom. The molecule has 0 spiro atoms. The molecule has 0 aliphatic rings. The van der Waals surface area contributed by atoms with Gasteiger partial charge in [-0.1, -0.05) is 71.1 Å². The summed E-state index contributed by atoms with van der Waals surface area (Å²) in [7, 11) is 0. The first-order valence-corrected chi connectivity index (χ1v) is 16.7. The van der Waals surface area contributed by atoms with Gasteiger partial charge in [0, 0.05) is 19.8 Å². The van der Waals surface area contributed by atoms with Crippen LogP contribution < -0.4 is 0 Å². The standard InChI is InChI=1S/C32H66O10/c1-2-3-4-5-6-7-8-9-10-11-12-15-34-17-19-36-21-23-38-25-27-40-29-31-42-32-30-41-28-26-39-24-22-37-20-18-35-16-13-14-33/h33H,2-32H2,1H3. The molecule has 1 N–H and O–H groups in total. The van der Waals surface area contributed by atoms with Crippen molar-refractivity contribution < 1.29 is 47.7 Å². The molecule has 0 aromatic heterocycles. The van der Waals surface area contributed by atoms with E-state index in [9.17, 15) is 0 Å². The third kappa shape index (κ3) is 39.6. The highest BCUT2D eigenvalue weighted by Crippen LogP contribution is 2.11. The lowest BCUT2D eigenvalue weighted by Crippen LogP contribution is -2.15. The van der Waals surface area contributed by atoms with Gasteiger partial charge in [0.15, 0.2) is 0 Å². The number of aliphatic hydroxyl groups is 1. The Bertz CT molecular complexity index is 419. The molecule has 0 atom stereocenters. The highest BCUT2D eigenvalue weighted by molar-refractivity contribution is 4.48. The van der Waals surface area contributed by atoms with Crippen LogP contribution in [0.1, 0.15) is 84.0 Å². The van der Waals surface area contributed by atoms with Crippen molar-refractivity contribution in [2.75, 3.05) is 126 Å². The molecule has 0 unspecified atom stereocenters. The molecule has 0 aromatic carbocycles. The van der Waals surface area contributed by atoms with E-state index < -0.39 is 0 Å². The minimum Gasteiger partial charge on any atom is -0.396 e. The third-order valence-electron chi connectivity index (χ3n) is 6.32. The molecule has 0 aromatic rings. The van der Waals surface area contributed by atoms with Crippen LogP contribution in [0.15, 0.2) is 0 Å². The Hall–Kier alpha value is -0.400. The summed E-state index contributed by atoms with van der Waals surface area (Å²) in [5.41, 5.74) is 0. The first-order chi connectivity index (χ1) is 20.9. The summed E-state index contributed by atoms with van der Waals surface area (Å²) in [4.78, 5) is 0. The number of unbranched alkanes of at least 4 members (excludes halogenated alkanes) is 10. The van der Waals surface area contributed by atoms with Crippen molar-refractivity contribution in [3.8, 4) is 0 Å². The van der Waals surface area contributed by atoms with E-state index in [-0.39, 0.29) is 6.61 Å². The predicted molar refractivity (Wildman–Crippen MR) is 166 cm³/mol. The molecule has 254 valence electrons. The number of rotatable bonds is 39. The van der Waals surface area contributed by atoms with Crippen molar-refractivity contribution in [3.63, 3.8) is 0 Å². The van der Waals surface area contributed by atoms with Gasteiger partial charge in [0.2, 0.25) is 0 Å². The topological polar surface area (TPSA) is 103 Å². The average Bonchev–Trinajstić information content (AvgIpc) is 3.00. The number of hydrogen-bond acceptors (Lipinski definition) is 10. The maximum Gasteiger partial charge on any atom is 0.0701 e. The molecule has 0 aliphatic heterocycles. The van der Waals surface area contributed by atoms with E-state index in [1.807, 2.05) is 0 Å². The van der Waals surface area contributed by atoms with E-state index in [0.29, 0.717) is 119 Å². The van der Waals surface area contributed by atoms with E-state index in [1.165, 1.54) is 64.2 Å². The molecular formula is C32H66O10. The second kappa shape index (κ2) is 40.6. The van der Waals surface area contributed by atoms with Crippen molar-refractivity contribution in [3.05, 3.63) is 0 Å². The molecule has 0 heterocycles. The monoisotopic (exact) mass is 610 g/mol. The first-order valence-electron chi connectivity index (χ1n) is 16.7.